The first-order valence-electron chi connectivity index (χ1n) is 16.7. The highest BCUT2D eigenvalue weighted by Gasteiger charge is 2.81. The Labute approximate surface area is 262 Å². The summed E-state index contributed by atoms with van der Waals surface area (Å²) in [6, 6.07) is -3.95. The Morgan fingerprint density at radius 1 is 0.457 bits per heavy atom. The average molecular weight is 683 g/mol. The third kappa shape index (κ3) is 7.28. The predicted octanol–water partition coefficient (Wildman–Crippen LogP) is 9.08. The third-order valence-corrected chi connectivity index (χ3v) is 10.3. The lowest BCUT2D eigenvalue weighted by Crippen LogP contribution is -2.69. The van der Waals surface area contributed by atoms with Crippen LogP contribution in [0.4, 0.5) is 43.9 Å². The standard InChI is InChI=1S/C31H44F10N2O3/c32-27(33,25(44)42(21-13-5-1-6-14-21)22-15-7-2-8-16-22)29(35,36)31(40,41)46-28(34,30(37,38)39)26(45)43(23-17-9-3-10-18-23)24-19-11-4-12-20-24/h21-24H,1-20H2. The van der Waals surface area contributed by atoms with E-state index in [1.165, 1.54) is 0 Å². The van der Waals surface area contributed by atoms with Gasteiger partial charge in [-0.05, 0) is 51.4 Å². The fraction of sp³-hybridized carbons (Fsp3) is 0.935. The lowest BCUT2D eigenvalue weighted by atomic mass is 9.87. The largest absolute Gasteiger partial charge is 0.458 e. The predicted molar refractivity (Wildman–Crippen MR) is 147 cm³/mol. The van der Waals surface area contributed by atoms with Crippen LogP contribution in [0.3, 0.4) is 0 Å². The van der Waals surface area contributed by atoms with Crippen LogP contribution >= 0.6 is 0 Å². The summed E-state index contributed by atoms with van der Waals surface area (Å²) < 4.78 is 154. The van der Waals surface area contributed by atoms with Gasteiger partial charge in [-0.1, -0.05) is 77.0 Å². The number of halogens is 10. The van der Waals surface area contributed by atoms with E-state index >= 15 is 30.7 Å². The van der Waals surface area contributed by atoms with Crippen molar-refractivity contribution in [1.82, 2.24) is 9.80 Å². The van der Waals surface area contributed by atoms with Gasteiger partial charge in [0, 0.05) is 24.2 Å². The molecule has 0 saturated heterocycles. The van der Waals surface area contributed by atoms with Crippen molar-refractivity contribution in [2.24, 2.45) is 0 Å². The maximum atomic E-state index is 15.9. The first kappa shape index (κ1) is 37.0. The molecule has 0 aliphatic heterocycles. The molecule has 46 heavy (non-hydrogen) atoms. The lowest BCUT2D eigenvalue weighted by Gasteiger charge is -2.46. The minimum Gasteiger partial charge on any atom is -0.331 e. The number of carbonyl (C=O) groups excluding carboxylic acids is 2. The Morgan fingerprint density at radius 3 is 1.02 bits per heavy atom. The van der Waals surface area contributed by atoms with E-state index in [1.54, 1.807) is 0 Å². The van der Waals surface area contributed by atoms with E-state index in [1.807, 2.05) is 0 Å². The van der Waals surface area contributed by atoms with Crippen molar-refractivity contribution in [2.45, 2.75) is 183 Å². The molecule has 4 fully saturated rings. The zero-order valence-corrected chi connectivity index (χ0v) is 25.9. The van der Waals surface area contributed by atoms with E-state index in [0.717, 1.165) is 0 Å². The minimum atomic E-state index is -6.96. The molecule has 0 radical (unpaired) electrons. The van der Waals surface area contributed by atoms with Crippen LogP contribution < -0.4 is 0 Å². The normalized spacial score (nSPS) is 24.0. The van der Waals surface area contributed by atoms with Gasteiger partial charge in [0.15, 0.2) is 0 Å². The number of alkyl halides is 10. The molecule has 5 nitrogen and oxygen atoms in total. The van der Waals surface area contributed by atoms with Gasteiger partial charge >= 0.3 is 35.9 Å². The molecule has 4 rings (SSSR count). The molecule has 2 amide bonds. The molecule has 1 atom stereocenters. The first-order chi connectivity index (χ1) is 21.5. The molecule has 0 heterocycles. The summed E-state index contributed by atoms with van der Waals surface area (Å²) in [6.45, 7) is 0. The van der Waals surface area contributed by atoms with Gasteiger partial charge in [0.05, 0.1) is 0 Å². The monoisotopic (exact) mass is 682 g/mol. The van der Waals surface area contributed by atoms with Crippen molar-refractivity contribution in [2.75, 3.05) is 0 Å². The van der Waals surface area contributed by atoms with Gasteiger partial charge in [-0.25, -0.2) is 0 Å². The van der Waals surface area contributed by atoms with E-state index in [4.69, 9.17) is 0 Å². The SMILES string of the molecule is O=C(N(C1CCCCC1)C1CCCCC1)C(F)(F)C(F)(F)C(F)(F)OC(F)(C(=O)N(C1CCCCC1)C1CCCCC1)C(F)(F)F. The number of ether oxygens (including phenoxy) is 1. The van der Waals surface area contributed by atoms with Crippen LogP contribution in [-0.4, -0.2) is 75.8 Å². The van der Waals surface area contributed by atoms with E-state index in [-0.39, 0.29) is 51.4 Å². The van der Waals surface area contributed by atoms with Crippen LogP contribution in [0, 0.1) is 0 Å². The number of amides is 2. The maximum Gasteiger partial charge on any atom is 0.458 e. The van der Waals surface area contributed by atoms with Crippen molar-refractivity contribution >= 4 is 11.8 Å². The van der Waals surface area contributed by atoms with Gasteiger partial charge in [0.25, 0.3) is 5.91 Å². The van der Waals surface area contributed by atoms with Crippen LogP contribution in [0.1, 0.15) is 128 Å². The molecule has 0 spiro atoms. The van der Waals surface area contributed by atoms with Crippen LogP contribution in [0.25, 0.3) is 0 Å². The summed E-state index contributed by atoms with van der Waals surface area (Å²) in [5.74, 6) is -24.7. The fourth-order valence-corrected chi connectivity index (χ4v) is 7.81. The van der Waals surface area contributed by atoms with Crippen molar-refractivity contribution in [3.05, 3.63) is 0 Å². The molecule has 1 unspecified atom stereocenters. The Hall–Kier alpha value is -1.80. The number of carbonyl (C=O) groups is 2. The van der Waals surface area contributed by atoms with Crippen LogP contribution in [0.2, 0.25) is 0 Å². The minimum absolute atomic E-state index is 0.119. The van der Waals surface area contributed by atoms with E-state index in [2.05, 4.69) is 4.74 Å². The second-order valence-electron chi connectivity index (χ2n) is 13.5. The molecular formula is C31H44F10N2O3. The summed E-state index contributed by atoms with van der Waals surface area (Å²) in [7, 11) is 0. The molecule has 266 valence electrons. The zero-order chi connectivity index (χ0) is 34.0. The number of nitrogens with zero attached hydrogens (tertiary/aromatic N) is 2. The first-order valence-corrected chi connectivity index (χ1v) is 16.7. The Kier molecular flexibility index (Phi) is 11.6. The molecule has 4 saturated carbocycles. The number of hydrogen-bond acceptors (Lipinski definition) is 3. The quantitative estimate of drug-likeness (QED) is 0.216. The van der Waals surface area contributed by atoms with Gasteiger partial charge in [-0.3, -0.25) is 14.3 Å². The fourth-order valence-electron chi connectivity index (χ4n) is 7.81. The second kappa shape index (κ2) is 14.4. The highest BCUT2D eigenvalue weighted by atomic mass is 19.4. The average Bonchev–Trinajstić information content (AvgIpc) is 3.02. The molecule has 4 aliphatic rings. The third-order valence-electron chi connectivity index (χ3n) is 10.3. The van der Waals surface area contributed by atoms with Crippen LogP contribution in [0.15, 0.2) is 0 Å². The van der Waals surface area contributed by atoms with Crippen LogP contribution in [0.5, 0.6) is 0 Å². The molecule has 15 heteroatoms. The van der Waals surface area contributed by atoms with Crippen molar-refractivity contribution in [1.29, 1.82) is 0 Å². The maximum absolute atomic E-state index is 15.9. The van der Waals surface area contributed by atoms with Gasteiger partial charge in [0.1, 0.15) is 0 Å². The summed E-state index contributed by atoms with van der Waals surface area (Å²) in [5, 5.41) is 0. The summed E-state index contributed by atoms with van der Waals surface area (Å²) in [5.41, 5.74) is 0. The Bertz CT molecular complexity index is 998. The highest BCUT2D eigenvalue weighted by molar-refractivity contribution is 5.86. The van der Waals surface area contributed by atoms with Gasteiger partial charge < -0.3 is 9.80 Å². The van der Waals surface area contributed by atoms with Gasteiger partial charge in [-0.2, -0.15) is 43.9 Å². The topological polar surface area (TPSA) is 49.9 Å². The van der Waals surface area contributed by atoms with Gasteiger partial charge in [-0.15, -0.1) is 0 Å². The smallest absolute Gasteiger partial charge is 0.331 e. The molecule has 0 N–H and O–H groups in total. The zero-order valence-electron chi connectivity index (χ0n) is 25.9. The Balaban J connectivity index is 1.67. The molecule has 0 aromatic heterocycles. The molecule has 0 bridgehead atoms. The van der Waals surface area contributed by atoms with Crippen molar-refractivity contribution < 1.29 is 58.2 Å². The van der Waals surface area contributed by atoms with Gasteiger partial charge in [0.2, 0.25) is 0 Å². The molecule has 0 aromatic carbocycles. The van der Waals surface area contributed by atoms with Crippen molar-refractivity contribution in [3.8, 4) is 0 Å². The molecule has 0 aromatic rings. The summed E-state index contributed by atoms with van der Waals surface area (Å²) >= 11 is 0. The van der Waals surface area contributed by atoms with E-state index < -0.39 is 66.0 Å². The Morgan fingerprint density at radius 2 is 0.739 bits per heavy atom. The number of rotatable bonds is 10. The highest BCUT2D eigenvalue weighted by Crippen LogP contribution is 2.53. The van der Waals surface area contributed by atoms with Crippen LogP contribution in [-0.2, 0) is 14.3 Å². The number of hydrogen-bond donors (Lipinski definition) is 0. The molecular weight excluding hydrogens is 638 g/mol. The molecule has 4 aliphatic carbocycles. The lowest BCUT2D eigenvalue weighted by molar-refractivity contribution is -0.457. The van der Waals surface area contributed by atoms with E-state index in [9.17, 15) is 22.8 Å². The van der Waals surface area contributed by atoms with Crippen molar-refractivity contribution in [3.63, 3.8) is 0 Å². The summed E-state index contributed by atoms with van der Waals surface area (Å²) in [6.07, 6.45) is -6.15. The summed E-state index contributed by atoms with van der Waals surface area (Å²) in [4.78, 5) is 27.6. The second-order valence-corrected chi connectivity index (χ2v) is 13.5. The van der Waals surface area contributed by atoms with E-state index in [0.29, 0.717) is 86.8 Å².